The standard InChI is InChI=1S/C16H13Cl2N3O/c1-9-6-7-13-19-10(2)15(21(13)8-9)16(22)20-14-11(17)4-3-5-12(14)18/h3-8H,1-2H3,(H,20,22). The molecule has 2 heterocycles. The molecule has 22 heavy (non-hydrogen) atoms. The van der Waals surface area contributed by atoms with Crippen molar-refractivity contribution in [1.29, 1.82) is 0 Å². The Bertz CT molecular complexity index is 866. The summed E-state index contributed by atoms with van der Waals surface area (Å²) >= 11 is 12.2. The van der Waals surface area contributed by atoms with E-state index in [0.29, 0.717) is 27.1 Å². The molecule has 0 bridgehead atoms. The maximum absolute atomic E-state index is 12.6. The number of imidazole rings is 1. The van der Waals surface area contributed by atoms with Crippen molar-refractivity contribution in [2.45, 2.75) is 13.8 Å². The fourth-order valence-electron chi connectivity index (χ4n) is 2.33. The number of carbonyl (C=O) groups is 1. The van der Waals surface area contributed by atoms with Crippen LogP contribution >= 0.6 is 23.2 Å². The molecule has 4 nitrogen and oxygen atoms in total. The highest BCUT2D eigenvalue weighted by atomic mass is 35.5. The predicted octanol–water partition coefficient (Wildman–Crippen LogP) is 4.51. The molecule has 2 aromatic heterocycles. The molecule has 1 aromatic carbocycles. The van der Waals surface area contributed by atoms with Crippen LogP contribution in [0.5, 0.6) is 0 Å². The summed E-state index contributed by atoms with van der Waals surface area (Å²) in [6.45, 7) is 3.76. The van der Waals surface area contributed by atoms with Crippen molar-refractivity contribution in [2.75, 3.05) is 5.32 Å². The van der Waals surface area contributed by atoms with E-state index in [-0.39, 0.29) is 5.91 Å². The fraction of sp³-hybridized carbons (Fsp3) is 0.125. The lowest BCUT2D eigenvalue weighted by molar-refractivity contribution is 0.102. The zero-order valence-corrected chi connectivity index (χ0v) is 13.5. The highest BCUT2D eigenvalue weighted by Gasteiger charge is 2.18. The number of nitrogens with one attached hydrogen (secondary N) is 1. The number of benzene rings is 1. The molecule has 0 aliphatic carbocycles. The summed E-state index contributed by atoms with van der Waals surface area (Å²) in [6.07, 6.45) is 1.87. The van der Waals surface area contributed by atoms with E-state index in [0.717, 1.165) is 11.2 Å². The Morgan fingerprint density at radius 3 is 2.50 bits per heavy atom. The summed E-state index contributed by atoms with van der Waals surface area (Å²) < 4.78 is 1.77. The summed E-state index contributed by atoms with van der Waals surface area (Å²) in [5.41, 5.74) is 3.27. The van der Waals surface area contributed by atoms with Gasteiger partial charge in [0.1, 0.15) is 11.3 Å². The average Bonchev–Trinajstić information content (AvgIpc) is 2.78. The van der Waals surface area contributed by atoms with Crippen LogP contribution in [0.25, 0.3) is 5.65 Å². The van der Waals surface area contributed by atoms with Crippen LogP contribution < -0.4 is 5.32 Å². The van der Waals surface area contributed by atoms with Gasteiger partial charge in [-0.3, -0.25) is 9.20 Å². The molecule has 0 saturated heterocycles. The molecule has 3 aromatic rings. The second-order valence-electron chi connectivity index (χ2n) is 5.03. The minimum atomic E-state index is -0.300. The zero-order valence-electron chi connectivity index (χ0n) is 12.0. The second kappa shape index (κ2) is 5.63. The molecule has 0 atom stereocenters. The van der Waals surface area contributed by atoms with Gasteiger partial charge in [0.15, 0.2) is 0 Å². The molecule has 1 amide bonds. The second-order valence-corrected chi connectivity index (χ2v) is 5.85. The molecular weight excluding hydrogens is 321 g/mol. The molecule has 1 N–H and O–H groups in total. The third kappa shape index (κ3) is 2.56. The van der Waals surface area contributed by atoms with Gasteiger partial charge in [0.25, 0.3) is 5.91 Å². The number of rotatable bonds is 2. The van der Waals surface area contributed by atoms with Gasteiger partial charge >= 0.3 is 0 Å². The number of amides is 1. The number of carbonyl (C=O) groups excluding carboxylic acids is 1. The van der Waals surface area contributed by atoms with Gasteiger partial charge in [-0.25, -0.2) is 4.98 Å². The number of halogens is 2. The Hall–Kier alpha value is -2.04. The van der Waals surface area contributed by atoms with Crippen LogP contribution in [0.1, 0.15) is 21.7 Å². The summed E-state index contributed by atoms with van der Waals surface area (Å²) in [6, 6.07) is 8.90. The lowest BCUT2D eigenvalue weighted by Crippen LogP contribution is -2.16. The zero-order chi connectivity index (χ0) is 15.9. The summed E-state index contributed by atoms with van der Waals surface area (Å²) in [7, 11) is 0. The van der Waals surface area contributed by atoms with Crippen molar-refractivity contribution >= 4 is 40.4 Å². The van der Waals surface area contributed by atoms with E-state index in [4.69, 9.17) is 23.2 Å². The number of para-hydroxylation sites is 1. The predicted molar refractivity (Wildman–Crippen MR) is 89.1 cm³/mol. The third-order valence-electron chi connectivity index (χ3n) is 3.36. The van der Waals surface area contributed by atoms with Crippen LogP contribution in [0, 0.1) is 13.8 Å². The quantitative estimate of drug-likeness (QED) is 0.749. The number of fused-ring (bicyclic) bond motifs is 1. The largest absolute Gasteiger partial charge is 0.318 e. The van der Waals surface area contributed by atoms with Gasteiger partial charge in [-0.1, -0.05) is 35.3 Å². The van der Waals surface area contributed by atoms with E-state index in [1.54, 1.807) is 29.5 Å². The van der Waals surface area contributed by atoms with Crippen LogP contribution in [0.2, 0.25) is 10.0 Å². The number of nitrogens with zero attached hydrogens (tertiary/aromatic N) is 2. The Morgan fingerprint density at radius 1 is 1.14 bits per heavy atom. The third-order valence-corrected chi connectivity index (χ3v) is 3.99. The van der Waals surface area contributed by atoms with Gasteiger partial charge in [-0.15, -0.1) is 0 Å². The maximum Gasteiger partial charge on any atom is 0.274 e. The molecular formula is C16H13Cl2N3O. The van der Waals surface area contributed by atoms with Crippen LogP contribution in [-0.2, 0) is 0 Å². The van der Waals surface area contributed by atoms with Crippen molar-refractivity contribution in [3.8, 4) is 0 Å². The number of anilines is 1. The van der Waals surface area contributed by atoms with Crippen LogP contribution in [-0.4, -0.2) is 15.3 Å². The Labute approximate surface area is 137 Å². The lowest BCUT2D eigenvalue weighted by Gasteiger charge is -2.09. The summed E-state index contributed by atoms with van der Waals surface area (Å²) in [5, 5.41) is 3.55. The Kier molecular flexibility index (Phi) is 3.81. The van der Waals surface area contributed by atoms with Gasteiger partial charge in [0, 0.05) is 6.20 Å². The maximum atomic E-state index is 12.6. The smallest absolute Gasteiger partial charge is 0.274 e. The molecule has 0 radical (unpaired) electrons. The molecule has 0 unspecified atom stereocenters. The minimum Gasteiger partial charge on any atom is -0.318 e. The molecule has 3 rings (SSSR count). The van der Waals surface area contributed by atoms with Gasteiger partial charge < -0.3 is 5.32 Å². The summed E-state index contributed by atoms with van der Waals surface area (Å²) in [4.78, 5) is 17.0. The van der Waals surface area contributed by atoms with Gasteiger partial charge in [-0.05, 0) is 37.6 Å². The van der Waals surface area contributed by atoms with Crippen LogP contribution in [0.3, 0.4) is 0 Å². The number of aromatic nitrogens is 2. The number of aryl methyl sites for hydroxylation is 2. The fourth-order valence-corrected chi connectivity index (χ4v) is 2.82. The number of hydrogen-bond acceptors (Lipinski definition) is 2. The molecule has 0 aliphatic heterocycles. The molecule has 0 saturated carbocycles. The van der Waals surface area contributed by atoms with Crippen molar-refractivity contribution in [3.63, 3.8) is 0 Å². The van der Waals surface area contributed by atoms with Crippen molar-refractivity contribution < 1.29 is 4.79 Å². The first-order valence-corrected chi connectivity index (χ1v) is 7.43. The van der Waals surface area contributed by atoms with E-state index in [1.165, 1.54) is 0 Å². The van der Waals surface area contributed by atoms with Crippen molar-refractivity contribution in [1.82, 2.24) is 9.38 Å². The monoisotopic (exact) mass is 333 g/mol. The first-order chi connectivity index (χ1) is 10.5. The van der Waals surface area contributed by atoms with Crippen LogP contribution in [0.4, 0.5) is 5.69 Å². The van der Waals surface area contributed by atoms with Gasteiger partial charge in [0.2, 0.25) is 0 Å². The number of pyridine rings is 1. The van der Waals surface area contributed by atoms with E-state index in [2.05, 4.69) is 10.3 Å². The Balaban J connectivity index is 2.06. The van der Waals surface area contributed by atoms with Crippen molar-refractivity contribution in [2.24, 2.45) is 0 Å². The van der Waals surface area contributed by atoms with Gasteiger partial charge in [0.05, 0.1) is 21.4 Å². The highest BCUT2D eigenvalue weighted by molar-refractivity contribution is 6.40. The molecule has 0 spiro atoms. The first kappa shape index (κ1) is 14.9. The summed E-state index contributed by atoms with van der Waals surface area (Å²) in [5.74, 6) is -0.300. The lowest BCUT2D eigenvalue weighted by atomic mass is 10.2. The van der Waals surface area contributed by atoms with Gasteiger partial charge in [-0.2, -0.15) is 0 Å². The van der Waals surface area contributed by atoms with E-state index in [9.17, 15) is 4.79 Å². The molecule has 0 fully saturated rings. The SMILES string of the molecule is Cc1ccc2nc(C)c(C(=O)Nc3c(Cl)cccc3Cl)n2c1. The van der Waals surface area contributed by atoms with E-state index >= 15 is 0 Å². The van der Waals surface area contributed by atoms with Crippen LogP contribution in [0.15, 0.2) is 36.5 Å². The average molecular weight is 334 g/mol. The molecule has 112 valence electrons. The highest BCUT2D eigenvalue weighted by Crippen LogP contribution is 2.30. The molecule has 6 heteroatoms. The number of hydrogen-bond donors (Lipinski definition) is 1. The first-order valence-electron chi connectivity index (χ1n) is 6.68. The Morgan fingerprint density at radius 2 is 1.82 bits per heavy atom. The molecule has 0 aliphatic rings. The normalized spacial score (nSPS) is 10.9. The minimum absolute atomic E-state index is 0.300. The van der Waals surface area contributed by atoms with E-state index in [1.807, 2.05) is 25.3 Å². The topological polar surface area (TPSA) is 46.4 Å². The van der Waals surface area contributed by atoms with E-state index < -0.39 is 0 Å². The van der Waals surface area contributed by atoms with Crippen molar-refractivity contribution in [3.05, 3.63) is 63.5 Å².